The molecule has 2 aromatic rings. The fourth-order valence-corrected chi connectivity index (χ4v) is 2.01. The summed E-state index contributed by atoms with van der Waals surface area (Å²) in [6, 6.07) is 5.01. The van der Waals surface area contributed by atoms with Crippen LogP contribution >= 0.6 is 0 Å². The van der Waals surface area contributed by atoms with Crippen molar-refractivity contribution >= 4 is 11.4 Å². The lowest BCUT2D eigenvalue weighted by atomic mass is 10.1. The number of aliphatic hydroxyl groups is 2. The molecule has 0 spiro atoms. The summed E-state index contributed by atoms with van der Waals surface area (Å²) in [5.41, 5.74) is 2.58. The van der Waals surface area contributed by atoms with E-state index in [9.17, 15) is 36.5 Å². The van der Waals surface area contributed by atoms with E-state index >= 15 is 0 Å². The molecule has 0 saturated carbocycles. The Kier molecular flexibility index (Phi) is 7.36. The number of anilines is 1. The Morgan fingerprint density at radius 2 is 1.25 bits per heavy atom. The molecule has 4 N–H and O–H groups in total. The summed E-state index contributed by atoms with van der Waals surface area (Å²) in [6.07, 6.45) is -9.07. The summed E-state index contributed by atoms with van der Waals surface area (Å²) < 4.78 is 73.2. The van der Waals surface area contributed by atoms with E-state index in [1.165, 1.54) is 6.07 Å². The topological polar surface area (TPSA) is 110 Å². The number of alkyl halides is 6. The molecular weight excluding hydrogens is 398 g/mol. The predicted octanol–water partition coefficient (Wildman–Crippen LogP) is 3.89. The molecule has 0 radical (unpaired) electrons. The van der Waals surface area contributed by atoms with Crippen molar-refractivity contribution < 1.29 is 41.5 Å². The lowest BCUT2D eigenvalue weighted by Gasteiger charge is -2.08. The van der Waals surface area contributed by atoms with Crippen LogP contribution in [0.5, 0.6) is 0 Å². The molecule has 0 aromatic heterocycles. The first-order chi connectivity index (χ1) is 12.8. The summed E-state index contributed by atoms with van der Waals surface area (Å²) in [7, 11) is 0. The number of nitrogen functional groups attached to an aromatic ring is 1. The van der Waals surface area contributed by atoms with Gasteiger partial charge in [0.05, 0.1) is 29.3 Å². The van der Waals surface area contributed by atoms with Crippen molar-refractivity contribution in [3.63, 3.8) is 0 Å². The Labute approximate surface area is 154 Å². The third-order valence-electron chi connectivity index (χ3n) is 3.22. The summed E-state index contributed by atoms with van der Waals surface area (Å²) in [4.78, 5) is 9.37. The minimum absolute atomic E-state index is 0.00104. The zero-order valence-electron chi connectivity index (χ0n) is 13.9. The SMILES string of the molecule is Nc1cc(CO)cc(C(F)(F)F)c1.O=[N+]([O-])c1cc(CO)cc(C(F)(F)F)c1. The maximum atomic E-state index is 12.2. The van der Waals surface area contributed by atoms with E-state index in [0.717, 1.165) is 18.2 Å². The Hall–Kier alpha value is -2.86. The van der Waals surface area contributed by atoms with Crippen LogP contribution < -0.4 is 5.73 Å². The first-order valence-electron chi connectivity index (χ1n) is 7.31. The van der Waals surface area contributed by atoms with E-state index in [4.69, 9.17) is 15.9 Å². The number of nitrogens with two attached hydrogens (primary N) is 1. The molecule has 0 atom stereocenters. The van der Waals surface area contributed by atoms with E-state index in [2.05, 4.69) is 0 Å². The number of hydrogen-bond acceptors (Lipinski definition) is 5. The number of nitro groups is 1. The van der Waals surface area contributed by atoms with Crippen LogP contribution in [-0.2, 0) is 25.6 Å². The summed E-state index contributed by atoms with van der Waals surface area (Å²) >= 11 is 0. The second-order valence-electron chi connectivity index (χ2n) is 5.42. The number of aliphatic hydroxyl groups excluding tert-OH is 2. The number of halogens is 6. The standard InChI is InChI=1S/C8H6F3NO3.C8H8F3NO/c9-8(10,11)6-1-5(4-13)2-7(3-6)12(14)15;9-8(10,11)6-1-5(4-13)2-7(12)3-6/h1-3,13H,4H2;1-3,13H,4,12H2. The lowest BCUT2D eigenvalue weighted by Crippen LogP contribution is -2.06. The van der Waals surface area contributed by atoms with Crippen LogP contribution in [0, 0.1) is 10.1 Å². The number of rotatable bonds is 3. The van der Waals surface area contributed by atoms with Crippen LogP contribution in [0.25, 0.3) is 0 Å². The molecule has 0 saturated heterocycles. The highest BCUT2D eigenvalue weighted by atomic mass is 19.4. The molecule has 0 unspecified atom stereocenters. The van der Waals surface area contributed by atoms with Gasteiger partial charge in [0, 0.05) is 17.8 Å². The highest BCUT2D eigenvalue weighted by Crippen LogP contribution is 2.33. The van der Waals surface area contributed by atoms with Crippen LogP contribution in [0.2, 0.25) is 0 Å². The van der Waals surface area contributed by atoms with Crippen molar-refractivity contribution in [2.45, 2.75) is 25.6 Å². The number of benzene rings is 2. The van der Waals surface area contributed by atoms with Gasteiger partial charge in [-0.05, 0) is 35.4 Å². The molecule has 0 fully saturated rings. The van der Waals surface area contributed by atoms with Crippen LogP contribution in [0.1, 0.15) is 22.3 Å². The lowest BCUT2D eigenvalue weighted by molar-refractivity contribution is -0.385. The van der Waals surface area contributed by atoms with Crippen molar-refractivity contribution in [2.24, 2.45) is 0 Å². The molecule has 0 bridgehead atoms. The average Bonchev–Trinajstić information content (AvgIpc) is 2.59. The van der Waals surface area contributed by atoms with E-state index < -0.39 is 47.3 Å². The summed E-state index contributed by atoms with van der Waals surface area (Å²) in [6.45, 7) is -1.13. The van der Waals surface area contributed by atoms with Gasteiger partial charge < -0.3 is 15.9 Å². The zero-order valence-corrected chi connectivity index (χ0v) is 13.9. The highest BCUT2D eigenvalue weighted by molar-refractivity contribution is 5.45. The molecule has 0 amide bonds. The molecule has 0 aliphatic carbocycles. The molecular formula is C16H14F6N2O4. The number of nitrogens with zero attached hydrogens (tertiary/aromatic N) is 1. The summed E-state index contributed by atoms with van der Waals surface area (Å²) in [5, 5.41) is 27.6. The van der Waals surface area contributed by atoms with E-state index in [0.29, 0.717) is 12.1 Å². The van der Waals surface area contributed by atoms with Gasteiger partial charge in [-0.1, -0.05) is 0 Å². The first-order valence-corrected chi connectivity index (χ1v) is 7.31. The van der Waals surface area contributed by atoms with Gasteiger partial charge >= 0.3 is 12.4 Å². The average molecular weight is 412 g/mol. The normalized spacial score (nSPS) is 11.6. The van der Waals surface area contributed by atoms with Crippen molar-refractivity contribution in [3.8, 4) is 0 Å². The maximum absolute atomic E-state index is 12.2. The quantitative estimate of drug-likeness (QED) is 0.307. The van der Waals surface area contributed by atoms with Gasteiger partial charge in [0.1, 0.15) is 0 Å². The van der Waals surface area contributed by atoms with Crippen LogP contribution in [0.3, 0.4) is 0 Å². The third kappa shape index (κ3) is 6.70. The molecule has 6 nitrogen and oxygen atoms in total. The molecule has 2 rings (SSSR count). The van der Waals surface area contributed by atoms with Gasteiger partial charge in [-0.25, -0.2) is 0 Å². The number of nitro benzene ring substituents is 1. The maximum Gasteiger partial charge on any atom is 0.416 e. The number of non-ortho nitro benzene ring substituents is 1. The molecule has 0 heterocycles. The van der Waals surface area contributed by atoms with Gasteiger partial charge in [0.25, 0.3) is 5.69 Å². The zero-order chi connectivity index (χ0) is 21.7. The van der Waals surface area contributed by atoms with Crippen molar-refractivity contribution in [3.05, 3.63) is 68.8 Å². The second-order valence-corrected chi connectivity index (χ2v) is 5.42. The Balaban J connectivity index is 0.000000283. The van der Waals surface area contributed by atoms with Gasteiger partial charge in [-0.3, -0.25) is 10.1 Å². The Morgan fingerprint density at radius 3 is 1.64 bits per heavy atom. The predicted molar refractivity (Wildman–Crippen MR) is 85.8 cm³/mol. The molecule has 28 heavy (non-hydrogen) atoms. The monoisotopic (exact) mass is 412 g/mol. The number of hydrogen-bond donors (Lipinski definition) is 3. The van der Waals surface area contributed by atoms with E-state index in [1.807, 2.05) is 0 Å². The summed E-state index contributed by atoms with van der Waals surface area (Å²) in [5.74, 6) is 0. The van der Waals surface area contributed by atoms with Crippen LogP contribution in [0.15, 0.2) is 36.4 Å². The highest BCUT2D eigenvalue weighted by Gasteiger charge is 2.32. The fourth-order valence-electron chi connectivity index (χ4n) is 2.01. The third-order valence-corrected chi connectivity index (χ3v) is 3.22. The fraction of sp³-hybridized carbons (Fsp3) is 0.250. The molecule has 2 aromatic carbocycles. The van der Waals surface area contributed by atoms with E-state index in [1.54, 1.807) is 0 Å². The molecule has 0 aliphatic rings. The van der Waals surface area contributed by atoms with Gasteiger partial charge in [0.2, 0.25) is 0 Å². The Bertz CT molecular complexity index is 837. The molecule has 0 aliphatic heterocycles. The molecule has 154 valence electrons. The van der Waals surface area contributed by atoms with E-state index in [-0.39, 0.29) is 16.8 Å². The second kappa shape index (κ2) is 8.89. The van der Waals surface area contributed by atoms with Crippen LogP contribution in [0.4, 0.5) is 37.7 Å². The Morgan fingerprint density at radius 1 is 0.821 bits per heavy atom. The minimum Gasteiger partial charge on any atom is -0.399 e. The molecule has 12 heteroatoms. The van der Waals surface area contributed by atoms with Crippen molar-refractivity contribution in [1.29, 1.82) is 0 Å². The van der Waals surface area contributed by atoms with Crippen LogP contribution in [-0.4, -0.2) is 15.1 Å². The van der Waals surface area contributed by atoms with Gasteiger partial charge in [-0.2, -0.15) is 26.3 Å². The smallest absolute Gasteiger partial charge is 0.399 e. The van der Waals surface area contributed by atoms with Crippen molar-refractivity contribution in [1.82, 2.24) is 0 Å². The van der Waals surface area contributed by atoms with Gasteiger partial charge in [-0.15, -0.1) is 0 Å². The van der Waals surface area contributed by atoms with Crippen molar-refractivity contribution in [2.75, 3.05) is 5.73 Å². The first kappa shape index (κ1) is 23.2. The van der Waals surface area contributed by atoms with Gasteiger partial charge in [0.15, 0.2) is 0 Å². The largest absolute Gasteiger partial charge is 0.416 e. The minimum atomic E-state index is -4.66.